The monoisotopic (exact) mass is 218 g/mol. The van der Waals surface area contributed by atoms with Gasteiger partial charge in [0.1, 0.15) is 0 Å². The van der Waals surface area contributed by atoms with E-state index in [0.29, 0.717) is 0 Å². The van der Waals surface area contributed by atoms with Gasteiger partial charge in [-0.05, 0) is 48.3 Å². The van der Waals surface area contributed by atoms with Gasteiger partial charge in [0.2, 0.25) is 0 Å². The van der Waals surface area contributed by atoms with Crippen molar-refractivity contribution in [3.05, 3.63) is 34.4 Å². The summed E-state index contributed by atoms with van der Waals surface area (Å²) in [6.45, 7) is 18.3. The first-order valence-electron chi connectivity index (χ1n) is 6.15. The lowest BCUT2D eigenvalue weighted by Crippen LogP contribution is -2.35. The minimum atomic E-state index is 0.203. The Morgan fingerprint density at radius 1 is 0.750 bits per heavy atom. The molecule has 0 saturated carbocycles. The third-order valence-corrected chi connectivity index (χ3v) is 4.18. The molecule has 0 aliphatic carbocycles. The molecule has 16 heavy (non-hydrogen) atoms. The van der Waals surface area contributed by atoms with Crippen LogP contribution in [0.5, 0.6) is 0 Å². The topological polar surface area (TPSA) is 0 Å². The van der Waals surface area contributed by atoms with E-state index in [1.54, 1.807) is 0 Å². The van der Waals surface area contributed by atoms with Crippen LogP contribution in [0.15, 0.2) is 12.1 Å². The highest BCUT2D eigenvalue weighted by Gasteiger charge is 2.36. The average Bonchev–Trinajstić information content (AvgIpc) is 1.97. The lowest BCUT2D eigenvalue weighted by Gasteiger charge is -2.41. The van der Waals surface area contributed by atoms with Gasteiger partial charge in [-0.15, -0.1) is 0 Å². The van der Waals surface area contributed by atoms with Crippen molar-refractivity contribution in [3.8, 4) is 0 Å². The first-order valence-corrected chi connectivity index (χ1v) is 6.15. The molecule has 90 valence electrons. The van der Waals surface area contributed by atoms with Crippen LogP contribution in [0.25, 0.3) is 0 Å². The summed E-state index contributed by atoms with van der Waals surface area (Å²) in [7, 11) is 0. The van der Waals surface area contributed by atoms with Crippen molar-refractivity contribution >= 4 is 0 Å². The third-order valence-electron chi connectivity index (χ3n) is 4.18. The maximum absolute atomic E-state index is 2.36. The zero-order chi connectivity index (χ0) is 12.7. The quantitative estimate of drug-likeness (QED) is 0.626. The van der Waals surface area contributed by atoms with E-state index in [0.717, 1.165) is 0 Å². The lowest BCUT2D eigenvalue weighted by atomic mass is 9.63. The summed E-state index contributed by atoms with van der Waals surface area (Å²) in [6, 6.07) is 4.60. The molecule has 0 fully saturated rings. The first kappa shape index (κ1) is 13.3. The first-order chi connectivity index (χ1) is 7.07. The van der Waals surface area contributed by atoms with Crippen molar-refractivity contribution in [1.29, 1.82) is 0 Å². The minimum absolute atomic E-state index is 0.203. The van der Waals surface area contributed by atoms with E-state index in [1.807, 2.05) is 0 Å². The molecule has 0 heterocycles. The molecule has 0 aliphatic rings. The normalized spacial score (nSPS) is 13.0. The number of aryl methyl sites for hydroxylation is 3. The second-order valence-electron chi connectivity index (χ2n) is 6.65. The van der Waals surface area contributed by atoms with E-state index in [4.69, 9.17) is 0 Å². The molecule has 0 saturated heterocycles. The molecule has 0 N–H and O–H groups in total. The molecule has 0 bridgehead atoms. The Morgan fingerprint density at radius 2 is 1.12 bits per heavy atom. The molecule has 0 aromatic heterocycles. The van der Waals surface area contributed by atoms with Crippen molar-refractivity contribution in [2.75, 3.05) is 0 Å². The van der Waals surface area contributed by atoms with Crippen LogP contribution in [-0.4, -0.2) is 0 Å². The Kier molecular flexibility index (Phi) is 3.24. The van der Waals surface area contributed by atoms with Crippen LogP contribution in [-0.2, 0) is 5.41 Å². The Labute approximate surface area is 101 Å². The zero-order valence-electron chi connectivity index (χ0n) is 12.2. The van der Waals surface area contributed by atoms with Gasteiger partial charge in [-0.25, -0.2) is 0 Å². The summed E-state index contributed by atoms with van der Waals surface area (Å²) in [4.78, 5) is 0. The summed E-state index contributed by atoms with van der Waals surface area (Å²) in [6.07, 6.45) is 0. The summed E-state index contributed by atoms with van der Waals surface area (Å²) in [5, 5.41) is 0. The Hall–Kier alpha value is -0.780. The van der Waals surface area contributed by atoms with Crippen LogP contribution < -0.4 is 0 Å². The van der Waals surface area contributed by atoms with Gasteiger partial charge in [-0.2, -0.15) is 0 Å². The highest BCUT2D eigenvalue weighted by Crippen LogP contribution is 2.43. The molecule has 1 rings (SSSR count). The molecule has 1 aromatic carbocycles. The van der Waals surface area contributed by atoms with Crippen molar-refractivity contribution in [1.82, 2.24) is 0 Å². The number of benzene rings is 1. The van der Waals surface area contributed by atoms with E-state index in [1.165, 1.54) is 22.3 Å². The standard InChI is InChI=1S/C16H26/c1-11-9-12(2)14(13(3)10-11)16(7,8)15(4,5)6/h9-10H,1-8H3. The minimum Gasteiger partial charge on any atom is -0.0593 e. The molecule has 0 atom stereocenters. The molecular weight excluding hydrogens is 192 g/mol. The molecule has 0 aliphatic heterocycles. The number of hydrogen-bond donors (Lipinski definition) is 0. The highest BCUT2D eigenvalue weighted by atomic mass is 14.4. The smallest absolute Gasteiger partial charge is 0.00498 e. The number of hydrogen-bond acceptors (Lipinski definition) is 0. The van der Waals surface area contributed by atoms with E-state index >= 15 is 0 Å². The fraction of sp³-hybridized carbons (Fsp3) is 0.625. The molecular formula is C16H26. The van der Waals surface area contributed by atoms with E-state index < -0.39 is 0 Å². The molecule has 1 aromatic rings. The van der Waals surface area contributed by atoms with Crippen LogP contribution in [0.4, 0.5) is 0 Å². The lowest BCUT2D eigenvalue weighted by molar-refractivity contribution is 0.223. The van der Waals surface area contributed by atoms with Gasteiger partial charge in [-0.1, -0.05) is 52.3 Å². The average molecular weight is 218 g/mol. The van der Waals surface area contributed by atoms with Gasteiger partial charge in [0.25, 0.3) is 0 Å². The van der Waals surface area contributed by atoms with Crippen LogP contribution >= 0.6 is 0 Å². The zero-order valence-corrected chi connectivity index (χ0v) is 12.2. The molecule has 0 nitrogen and oxygen atoms in total. The van der Waals surface area contributed by atoms with Gasteiger partial charge >= 0.3 is 0 Å². The van der Waals surface area contributed by atoms with Crippen molar-refractivity contribution in [2.24, 2.45) is 5.41 Å². The van der Waals surface area contributed by atoms with Gasteiger partial charge in [0.15, 0.2) is 0 Å². The summed E-state index contributed by atoms with van der Waals surface area (Å²) < 4.78 is 0. The van der Waals surface area contributed by atoms with Gasteiger partial charge in [0, 0.05) is 0 Å². The van der Waals surface area contributed by atoms with Crippen LogP contribution in [0, 0.1) is 26.2 Å². The van der Waals surface area contributed by atoms with Crippen molar-refractivity contribution in [2.45, 2.75) is 60.8 Å². The second kappa shape index (κ2) is 3.91. The summed E-state index contributed by atoms with van der Waals surface area (Å²) in [5.74, 6) is 0. The summed E-state index contributed by atoms with van der Waals surface area (Å²) in [5.41, 5.74) is 6.22. The Bertz CT molecular complexity index is 366. The van der Waals surface area contributed by atoms with E-state index in [-0.39, 0.29) is 10.8 Å². The summed E-state index contributed by atoms with van der Waals surface area (Å²) >= 11 is 0. The second-order valence-corrected chi connectivity index (χ2v) is 6.65. The van der Waals surface area contributed by atoms with Gasteiger partial charge in [-0.3, -0.25) is 0 Å². The molecule has 0 unspecified atom stereocenters. The van der Waals surface area contributed by atoms with Crippen molar-refractivity contribution < 1.29 is 0 Å². The largest absolute Gasteiger partial charge is 0.0593 e. The maximum atomic E-state index is 2.36. The van der Waals surface area contributed by atoms with Crippen LogP contribution in [0.1, 0.15) is 56.9 Å². The van der Waals surface area contributed by atoms with Crippen LogP contribution in [0.3, 0.4) is 0 Å². The molecule has 0 radical (unpaired) electrons. The Morgan fingerprint density at radius 3 is 1.44 bits per heavy atom. The van der Waals surface area contributed by atoms with E-state index in [2.05, 4.69) is 67.5 Å². The number of rotatable bonds is 1. The SMILES string of the molecule is Cc1cc(C)c(C(C)(C)C(C)(C)C)c(C)c1. The highest BCUT2D eigenvalue weighted by molar-refractivity contribution is 5.43. The fourth-order valence-corrected chi connectivity index (χ4v) is 2.54. The van der Waals surface area contributed by atoms with Crippen LogP contribution in [0.2, 0.25) is 0 Å². The predicted octanol–water partition coefficient (Wildman–Crippen LogP) is 4.94. The predicted molar refractivity (Wildman–Crippen MR) is 73.1 cm³/mol. The molecule has 0 amide bonds. The molecule has 0 heteroatoms. The van der Waals surface area contributed by atoms with Crippen molar-refractivity contribution in [3.63, 3.8) is 0 Å². The fourth-order valence-electron chi connectivity index (χ4n) is 2.54. The van der Waals surface area contributed by atoms with Gasteiger partial charge in [0.05, 0.1) is 0 Å². The maximum Gasteiger partial charge on any atom is -0.00498 e. The van der Waals surface area contributed by atoms with Gasteiger partial charge < -0.3 is 0 Å². The van der Waals surface area contributed by atoms with E-state index in [9.17, 15) is 0 Å². The third kappa shape index (κ3) is 2.16. The Balaban J connectivity index is 3.45. The molecule has 0 spiro atoms.